The van der Waals surface area contributed by atoms with Crippen LogP contribution >= 0.6 is 0 Å². The lowest BCUT2D eigenvalue weighted by atomic mass is 10.1. The highest BCUT2D eigenvalue weighted by atomic mass is 19.4. The Morgan fingerprint density at radius 2 is 1.57 bits per heavy atom. The Morgan fingerprint density at radius 1 is 0.971 bits per heavy atom. The van der Waals surface area contributed by atoms with Crippen LogP contribution in [0.15, 0.2) is 42.0 Å². The predicted molar refractivity (Wildman–Crippen MR) is 125 cm³/mol. The highest BCUT2D eigenvalue weighted by Gasteiger charge is 2.36. The van der Waals surface area contributed by atoms with Gasteiger partial charge < -0.3 is 10.1 Å². The van der Waals surface area contributed by atoms with Crippen LogP contribution < -0.4 is 5.32 Å². The standard InChI is InChI=1S/C26H35F6NO2/c1-4-20(15-24(34)33-17-19(2)3)11-9-7-5-6-8-10-12-35-18-21-13-22(25(27,28)29)16-23(14-21)26(30,31)32/h9,11,13-16,19H,4-8,10,12,17-18H2,1-3H3,(H,33,34). The van der Waals surface area contributed by atoms with E-state index in [9.17, 15) is 31.1 Å². The summed E-state index contributed by atoms with van der Waals surface area (Å²) in [5.41, 5.74) is -1.88. The molecule has 0 fully saturated rings. The SMILES string of the molecule is CCC(C=CCCCCCCOCc1cc(C(F)(F)F)cc(C(F)(F)F)c1)=CC(=O)NCC(C)C. The third-order valence-electron chi connectivity index (χ3n) is 5.07. The smallest absolute Gasteiger partial charge is 0.377 e. The normalized spacial score (nSPS) is 13.1. The van der Waals surface area contributed by atoms with E-state index in [1.807, 2.05) is 32.9 Å². The van der Waals surface area contributed by atoms with Gasteiger partial charge in [-0.15, -0.1) is 0 Å². The van der Waals surface area contributed by atoms with Crippen molar-refractivity contribution >= 4 is 5.91 Å². The van der Waals surface area contributed by atoms with Crippen molar-refractivity contribution in [2.75, 3.05) is 13.2 Å². The molecule has 1 aromatic carbocycles. The molecule has 0 unspecified atom stereocenters. The number of benzene rings is 1. The van der Waals surface area contributed by atoms with E-state index in [1.54, 1.807) is 6.08 Å². The summed E-state index contributed by atoms with van der Waals surface area (Å²) in [5.74, 6) is 0.293. The molecule has 198 valence electrons. The molecule has 0 saturated carbocycles. The second kappa shape index (κ2) is 15.0. The molecule has 0 spiro atoms. The molecule has 9 heteroatoms. The van der Waals surface area contributed by atoms with Gasteiger partial charge in [-0.05, 0) is 60.9 Å². The molecular weight excluding hydrogens is 472 g/mol. The summed E-state index contributed by atoms with van der Waals surface area (Å²) in [6, 6.07) is 1.49. The maximum atomic E-state index is 12.9. The maximum absolute atomic E-state index is 12.9. The van der Waals surface area contributed by atoms with Crippen molar-refractivity contribution in [1.29, 1.82) is 0 Å². The van der Waals surface area contributed by atoms with E-state index in [-0.39, 0.29) is 30.8 Å². The maximum Gasteiger partial charge on any atom is 0.416 e. The van der Waals surface area contributed by atoms with Crippen LogP contribution in [0.4, 0.5) is 26.3 Å². The average Bonchev–Trinajstić information content (AvgIpc) is 2.76. The molecule has 3 nitrogen and oxygen atoms in total. The van der Waals surface area contributed by atoms with Crippen molar-refractivity contribution in [2.24, 2.45) is 5.92 Å². The van der Waals surface area contributed by atoms with Gasteiger partial charge in [0.05, 0.1) is 17.7 Å². The highest BCUT2D eigenvalue weighted by Crippen LogP contribution is 2.36. The first-order valence-corrected chi connectivity index (χ1v) is 11.8. The Labute approximate surface area is 203 Å². The molecule has 0 bridgehead atoms. The van der Waals surface area contributed by atoms with Crippen molar-refractivity contribution in [2.45, 2.75) is 78.3 Å². The summed E-state index contributed by atoms with van der Waals surface area (Å²) in [5, 5.41) is 2.85. The van der Waals surface area contributed by atoms with Crippen molar-refractivity contribution < 1.29 is 35.9 Å². The van der Waals surface area contributed by atoms with Crippen LogP contribution in [-0.2, 0) is 28.5 Å². The van der Waals surface area contributed by atoms with Gasteiger partial charge in [0.1, 0.15) is 0 Å². The Kier molecular flexibility index (Phi) is 13.1. The number of amides is 1. The molecule has 1 aromatic rings. The molecule has 1 amide bonds. The summed E-state index contributed by atoms with van der Waals surface area (Å²) in [6.07, 6.45) is 0.772. The summed E-state index contributed by atoms with van der Waals surface area (Å²) in [7, 11) is 0. The predicted octanol–water partition coefficient (Wildman–Crippen LogP) is 7.86. The molecule has 1 rings (SSSR count). The molecule has 0 aliphatic rings. The third-order valence-corrected chi connectivity index (χ3v) is 5.07. The number of carbonyl (C=O) groups excluding carboxylic acids is 1. The molecule has 0 atom stereocenters. The van der Waals surface area contributed by atoms with Gasteiger partial charge in [0.25, 0.3) is 0 Å². The van der Waals surface area contributed by atoms with Crippen LogP contribution in [0.1, 0.15) is 76.0 Å². The molecule has 0 heterocycles. The summed E-state index contributed by atoms with van der Waals surface area (Å²) in [6.45, 7) is 6.61. The van der Waals surface area contributed by atoms with Gasteiger partial charge >= 0.3 is 12.4 Å². The second-order valence-corrected chi connectivity index (χ2v) is 8.78. The minimum absolute atomic E-state index is 0.0973. The van der Waals surface area contributed by atoms with Gasteiger partial charge in [0.2, 0.25) is 5.91 Å². The van der Waals surface area contributed by atoms with Crippen LogP contribution in [-0.4, -0.2) is 19.1 Å². The van der Waals surface area contributed by atoms with Gasteiger partial charge in [-0.1, -0.05) is 45.8 Å². The first-order valence-electron chi connectivity index (χ1n) is 11.8. The number of nitrogens with one attached hydrogen (secondary N) is 1. The van der Waals surface area contributed by atoms with Gasteiger partial charge in [0.15, 0.2) is 0 Å². The Balaban J connectivity index is 2.34. The number of ether oxygens (including phenoxy) is 1. The zero-order valence-electron chi connectivity index (χ0n) is 20.5. The molecular formula is C26H35F6NO2. The zero-order valence-corrected chi connectivity index (χ0v) is 20.5. The van der Waals surface area contributed by atoms with Crippen molar-refractivity contribution in [3.8, 4) is 0 Å². The van der Waals surface area contributed by atoms with Crippen molar-refractivity contribution in [1.82, 2.24) is 5.32 Å². The number of unbranched alkanes of at least 4 members (excludes halogenated alkanes) is 4. The fourth-order valence-electron chi connectivity index (χ4n) is 3.14. The summed E-state index contributed by atoms with van der Waals surface area (Å²) in [4.78, 5) is 11.9. The van der Waals surface area contributed by atoms with E-state index in [0.29, 0.717) is 31.0 Å². The molecule has 0 saturated heterocycles. The zero-order chi connectivity index (χ0) is 26.5. The highest BCUT2D eigenvalue weighted by molar-refractivity contribution is 5.88. The number of rotatable bonds is 14. The second-order valence-electron chi connectivity index (χ2n) is 8.78. The monoisotopic (exact) mass is 507 g/mol. The number of hydrogen-bond donors (Lipinski definition) is 1. The molecule has 35 heavy (non-hydrogen) atoms. The van der Waals surface area contributed by atoms with Crippen LogP contribution in [0.5, 0.6) is 0 Å². The van der Waals surface area contributed by atoms with E-state index in [0.717, 1.165) is 37.7 Å². The quantitative estimate of drug-likeness (QED) is 0.121. The van der Waals surface area contributed by atoms with Crippen LogP contribution in [0, 0.1) is 5.92 Å². The topological polar surface area (TPSA) is 38.3 Å². The lowest BCUT2D eigenvalue weighted by Crippen LogP contribution is -2.25. The lowest BCUT2D eigenvalue weighted by Gasteiger charge is -2.14. The molecule has 0 aliphatic carbocycles. The average molecular weight is 508 g/mol. The summed E-state index contributed by atoms with van der Waals surface area (Å²) < 4.78 is 82.7. The first kappa shape index (κ1) is 30.7. The third kappa shape index (κ3) is 13.4. The fraction of sp³-hybridized carbons (Fsp3) is 0.577. The molecule has 0 aliphatic heterocycles. The van der Waals surface area contributed by atoms with E-state index in [2.05, 4.69) is 5.32 Å². The van der Waals surface area contributed by atoms with Crippen molar-refractivity contribution in [3.05, 3.63) is 58.7 Å². The van der Waals surface area contributed by atoms with Crippen LogP contribution in [0.3, 0.4) is 0 Å². The molecule has 0 aromatic heterocycles. The number of halogens is 6. The number of allylic oxidation sites excluding steroid dienone is 3. The van der Waals surface area contributed by atoms with Crippen molar-refractivity contribution in [3.63, 3.8) is 0 Å². The van der Waals surface area contributed by atoms with E-state index >= 15 is 0 Å². The number of alkyl halides is 6. The molecule has 0 radical (unpaired) electrons. The van der Waals surface area contributed by atoms with Gasteiger partial charge in [-0.2, -0.15) is 26.3 Å². The van der Waals surface area contributed by atoms with Crippen LogP contribution in [0.25, 0.3) is 0 Å². The lowest BCUT2D eigenvalue weighted by molar-refractivity contribution is -0.143. The van der Waals surface area contributed by atoms with E-state index in [4.69, 9.17) is 4.74 Å². The van der Waals surface area contributed by atoms with Gasteiger partial charge in [0, 0.05) is 19.2 Å². The van der Waals surface area contributed by atoms with E-state index in [1.165, 1.54) is 0 Å². The minimum atomic E-state index is -4.86. The number of hydrogen-bond acceptors (Lipinski definition) is 2. The Morgan fingerprint density at radius 3 is 2.11 bits per heavy atom. The van der Waals surface area contributed by atoms with Gasteiger partial charge in [-0.25, -0.2) is 0 Å². The number of carbonyl (C=O) groups is 1. The first-order chi connectivity index (χ1) is 16.3. The summed E-state index contributed by atoms with van der Waals surface area (Å²) >= 11 is 0. The Bertz CT molecular complexity index is 809. The largest absolute Gasteiger partial charge is 0.416 e. The minimum Gasteiger partial charge on any atom is -0.377 e. The fourth-order valence-corrected chi connectivity index (χ4v) is 3.14. The van der Waals surface area contributed by atoms with Crippen LogP contribution in [0.2, 0.25) is 0 Å². The Hall–Kier alpha value is -2.29. The van der Waals surface area contributed by atoms with Gasteiger partial charge in [-0.3, -0.25) is 4.79 Å². The molecule has 1 N–H and O–H groups in total. The van der Waals surface area contributed by atoms with E-state index < -0.39 is 23.5 Å².